The third kappa shape index (κ3) is 5.60. The van der Waals surface area contributed by atoms with Gasteiger partial charge in [0.25, 0.3) is 0 Å². The zero-order valence-electron chi connectivity index (χ0n) is 12.9. The predicted octanol–water partition coefficient (Wildman–Crippen LogP) is 5.16. The molecule has 2 nitrogen and oxygen atoms in total. The lowest BCUT2D eigenvalue weighted by Crippen LogP contribution is -2.21. The SMILES string of the molecule is CC(C)C(C)OCCOc1c(C(F)(F)F)cccc1C(F)(F)F. The van der Waals surface area contributed by atoms with Gasteiger partial charge in [0.15, 0.2) is 0 Å². The molecule has 0 amide bonds. The number of alkyl halides is 6. The van der Waals surface area contributed by atoms with Gasteiger partial charge < -0.3 is 9.47 Å². The molecule has 0 fully saturated rings. The Kier molecular flexibility index (Phi) is 6.33. The van der Waals surface area contributed by atoms with E-state index in [-0.39, 0.29) is 18.6 Å². The Hall–Kier alpha value is -1.44. The van der Waals surface area contributed by atoms with E-state index in [1.54, 1.807) is 6.92 Å². The van der Waals surface area contributed by atoms with Gasteiger partial charge >= 0.3 is 12.4 Å². The first-order valence-corrected chi connectivity index (χ1v) is 6.96. The molecule has 0 saturated carbocycles. The van der Waals surface area contributed by atoms with Crippen LogP contribution in [0.2, 0.25) is 0 Å². The summed E-state index contributed by atoms with van der Waals surface area (Å²) >= 11 is 0. The van der Waals surface area contributed by atoms with Gasteiger partial charge in [0.1, 0.15) is 12.4 Å². The summed E-state index contributed by atoms with van der Waals surface area (Å²) in [6.07, 6.45) is -10.1. The first-order valence-electron chi connectivity index (χ1n) is 6.96. The highest BCUT2D eigenvalue weighted by Crippen LogP contribution is 2.43. The molecule has 1 rings (SSSR count). The Morgan fingerprint density at radius 2 is 1.35 bits per heavy atom. The second-order valence-corrected chi connectivity index (χ2v) is 5.35. The molecular formula is C15H18F6O2. The van der Waals surface area contributed by atoms with Crippen LogP contribution in [0, 0.1) is 5.92 Å². The molecule has 0 aliphatic carbocycles. The van der Waals surface area contributed by atoms with Gasteiger partial charge in [-0.1, -0.05) is 19.9 Å². The molecule has 0 aliphatic rings. The van der Waals surface area contributed by atoms with Crippen molar-refractivity contribution in [2.75, 3.05) is 13.2 Å². The average Bonchev–Trinajstić information content (AvgIpc) is 2.40. The summed E-state index contributed by atoms with van der Waals surface area (Å²) in [5.41, 5.74) is -2.91. The summed E-state index contributed by atoms with van der Waals surface area (Å²) in [4.78, 5) is 0. The number of rotatable bonds is 6. The minimum Gasteiger partial charge on any atom is -0.490 e. The predicted molar refractivity (Wildman–Crippen MR) is 72.2 cm³/mol. The normalized spacial score (nSPS) is 14.2. The van der Waals surface area contributed by atoms with Crippen molar-refractivity contribution < 1.29 is 35.8 Å². The van der Waals surface area contributed by atoms with Crippen molar-refractivity contribution in [3.05, 3.63) is 29.3 Å². The fourth-order valence-corrected chi connectivity index (χ4v) is 1.71. The van der Waals surface area contributed by atoms with E-state index in [2.05, 4.69) is 0 Å². The topological polar surface area (TPSA) is 18.5 Å². The Morgan fingerprint density at radius 3 is 1.74 bits per heavy atom. The number of halogens is 6. The zero-order valence-corrected chi connectivity index (χ0v) is 12.9. The zero-order chi connectivity index (χ0) is 17.8. The molecule has 0 N–H and O–H groups in total. The first kappa shape index (κ1) is 19.6. The summed E-state index contributed by atoms with van der Waals surface area (Å²) in [5.74, 6) is -1.04. The monoisotopic (exact) mass is 344 g/mol. The van der Waals surface area contributed by atoms with Crippen molar-refractivity contribution in [3.8, 4) is 5.75 Å². The van der Waals surface area contributed by atoms with Crippen LogP contribution < -0.4 is 4.74 Å². The van der Waals surface area contributed by atoms with Crippen LogP contribution in [-0.2, 0) is 17.1 Å². The van der Waals surface area contributed by atoms with Crippen LogP contribution in [0.4, 0.5) is 26.3 Å². The highest BCUT2D eigenvalue weighted by Gasteiger charge is 2.41. The summed E-state index contributed by atoms with van der Waals surface area (Å²) in [6, 6.07) is 1.82. The van der Waals surface area contributed by atoms with Gasteiger partial charge in [0.2, 0.25) is 0 Å². The molecular weight excluding hydrogens is 326 g/mol. The highest BCUT2D eigenvalue weighted by atomic mass is 19.4. The summed E-state index contributed by atoms with van der Waals surface area (Å²) in [7, 11) is 0. The molecule has 1 aromatic rings. The van der Waals surface area contributed by atoms with Gasteiger partial charge in [-0.05, 0) is 25.0 Å². The van der Waals surface area contributed by atoms with Crippen molar-refractivity contribution in [3.63, 3.8) is 0 Å². The lowest BCUT2D eigenvalue weighted by molar-refractivity contribution is -0.146. The van der Waals surface area contributed by atoms with Crippen LogP contribution in [0.25, 0.3) is 0 Å². The van der Waals surface area contributed by atoms with E-state index in [0.717, 1.165) is 0 Å². The Bertz CT molecular complexity index is 475. The van der Waals surface area contributed by atoms with Crippen LogP contribution in [0.1, 0.15) is 31.9 Å². The van der Waals surface area contributed by atoms with Gasteiger partial charge in [-0.3, -0.25) is 0 Å². The molecule has 0 aromatic heterocycles. The van der Waals surface area contributed by atoms with E-state index in [0.29, 0.717) is 18.2 Å². The van der Waals surface area contributed by atoms with Gasteiger partial charge in [-0.2, -0.15) is 26.3 Å². The van der Waals surface area contributed by atoms with Gasteiger partial charge in [0, 0.05) is 0 Å². The second-order valence-electron chi connectivity index (χ2n) is 5.35. The van der Waals surface area contributed by atoms with E-state index in [4.69, 9.17) is 9.47 Å². The van der Waals surface area contributed by atoms with Crippen LogP contribution >= 0.6 is 0 Å². The molecule has 0 aliphatic heterocycles. The molecule has 1 aromatic carbocycles. The largest absolute Gasteiger partial charge is 0.490 e. The van der Waals surface area contributed by atoms with Crippen LogP contribution in [0.3, 0.4) is 0 Å². The van der Waals surface area contributed by atoms with E-state index >= 15 is 0 Å². The summed E-state index contributed by atoms with van der Waals surface area (Å²) < 4.78 is 87.4. The quantitative estimate of drug-likeness (QED) is 0.524. The Morgan fingerprint density at radius 1 is 0.870 bits per heavy atom. The Balaban J connectivity index is 2.94. The van der Waals surface area contributed by atoms with Crippen molar-refractivity contribution in [2.24, 2.45) is 5.92 Å². The number of benzene rings is 1. The molecule has 8 heteroatoms. The molecule has 0 spiro atoms. The number of hydrogen-bond donors (Lipinski definition) is 0. The maximum atomic E-state index is 12.9. The highest BCUT2D eigenvalue weighted by molar-refractivity contribution is 5.44. The minimum absolute atomic E-state index is 0.108. The fraction of sp³-hybridized carbons (Fsp3) is 0.600. The second kappa shape index (κ2) is 7.42. The Labute approximate surface area is 130 Å². The minimum atomic E-state index is -4.94. The number of ether oxygens (including phenoxy) is 2. The van der Waals surface area contributed by atoms with Crippen LogP contribution in [0.5, 0.6) is 5.75 Å². The standard InChI is InChI=1S/C15H18F6O2/c1-9(2)10(3)22-7-8-23-13-11(14(16,17)18)5-4-6-12(13)15(19,20)21/h4-6,9-10H,7-8H2,1-3H3. The van der Waals surface area contributed by atoms with E-state index in [9.17, 15) is 26.3 Å². The van der Waals surface area contributed by atoms with Crippen molar-refractivity contribution >= 4 is 0 Å². The fourth-order valence-electron chi connectivity index (χ4n) is 1.71. The lowest BCUT2D eigenvalue weighted by atomic mass is 10.1. The van der Waals surface area contributed by atoms with Gasteiger partial charge in [0.05, 0.1) is 23.8 Å². The van der Waals surface area contributed by atoms with E-state index < -0.39 is 35.8 Å². The number of hydrogen-bond acceptors (Lipinski definition) is 2. The van der Waals surface area contributed by atoms with Gasteiger partial charge in [-0.15, -0.1) is 0 Å². The third-order valence-electron chi connectivity index (χ3n) is 3.28. The molecule has 23 heavy (non-hydrogen) atoms. The van der Waals surface area contributed by atoms with Crippen LogP contribution in [-0.4, -0.2) is 19.3 Å². The molecule has 132 valence electrons. The molecule has 0 heterocycles. The summed E-state index contributed by atoms with van der Waals surface area (Å²) in [5, 5.41) is 0. The third-order valence-corrected chi connectivity index (χ3v) is 3.28. The maximum Gasteiger partial charge on any atom is 0.419 e. The van der Waals surface area contributed by atoms with Crippen LogP contribution in [0.15, 0.2) is 18.2 Å². The average molecular weight is 344 g/mol. The number of para-hydroxylation sites is 1. The lowest BCUT2D eigenvalue weighted by Gasteiger charge is -2.20. The smallest absolute Gasteiger partial charge is 0.419 e. The first-order chi connectivity index (χ1) is 10.4. The van der Waals surface area contributed by atoms with E-state index in [1.807, 2.05) is 13.8 Å². The van der Waals surface area contributed by atoms with Gasteiger partial charge in [-0.25, -0.2) is 0 Å². The van der Waals surface area contributed by atoms with E-state index in [1.165, 1.54) is 0 Å². The molecule has 1 atom stereocenters. The van der Waals surface area contributed by atoms with Crippen molar-refractivity contribution in [2.45, 2.75) is 39.2 Å². The maximum absolute atomic E-state index is 12.9. The molecule has 0 saturated heterocycles. The molecule has 0 radical (unpaired) electrons. The molecule has 0 bridgehead atoms. The molecule has 1 unspecified atom stereocenters. The summed E-state index contributed by atoms with van der Waals surface area (Å²) in [6.45, 7) is 5.00. The van der Waals surface area contributed by atoms with Crippen molar-refractivity contribution in [1.82, 2.24) is 0 Å². The van der Waals surface area contributed by atoms with Crippen molar-refractivity contribution in [1.29, 1.82) is 0 Å².